The average Bonchev–Trinajstić information content (AvgIpc) is 2.71. The number of rotatable bonds is 1. The average molecular weight is 275 g/mol. The van der Waals surface area contributed by atoms with Crippen LogP contribution in [0, 0.1) is 0 Å². The van der Waals surface area contributed by atoms with Crippen LogP contribution in [0.25, 0.3) is 0 Å². The van der Waals surface area contributed by atoms with Crippen LogP contribution in [0.15, 0.2) is 0 Å². The van der Waals surface area contributed by atoms with E-state index in [1.807, 2.05) is 13.8 Å². The molecule has 2 unspecified atom stereocenters. The van der Waals surface area contributed by atoms with Crippen molar-refractivity contribution >= 4 is 12.1 Å². The zero-order chi connectivity index (χ0) is 15.2. The van der Waals surface area contributed by atoms with Crippen LogP contribution in [0.2, 0.25) is 0 Å². The van der Waals surface area contributed by atoms with Crippen LogP contribution in [-0.4, -0.2) is 53.5 Å². The maximum Gasteiger partial charge on any atom is 0.411 e. The largest absolute Gasteiger partial charge is 0.467 e. The van der Waals surface area contributed by atoms with E-state index in [2.05, 4.69) is 4.74 Å². The van der Waals surface area contributed by atoms with E-state index in [1.54, 1.807) is 20.8 Å². The van der Waals surface area contributed by atoms with Gasteiger partial charge in [-0.3, -0.25) is 4.90 Å². The van der Waals surface area contributed by atoms with Crippen molar-refractivity contribution in [2.45, 2.75) is 58.8 Å². The first kappa shape index (κ1) is 17.7. The Morgan fingerprint density at radius 3 is 2.21 bits per heavy atom. The molecule has 0 spiro atoms. The summed E-state index contributed by atoms with van der Waals surface area (Å²) >= 11 is 0. The Balaban J connectivity index is 0.00000154. The number of methoxy groups -OCH3 is 1. The lowest BCUT2D eigenvalue weighted by molar-refractivity contribution is -0.145. The van der Waals surface area contributed by atoms with Crippen LogP contribution in [-0.2, 0) is 14.3 Å². The molecule has 1 heterocycles. The molecule has 0 aliphatic carbocycles. The molecule has 2 atom stereocenters. The molecule has 1 saturated heterocycles. The minimum atomic E-state index is -0.759. The Hall–Kier alpha value is -1.30. The van der Waals surface area contributed by atoms with E-state index >= 15 is 0 Å². The molecule has 19 heavy (non-hydrogen) atoms. The zero-order valence-electron chi connectivity index (χ0n) is 12.6. The van der Waals surface area contributed by atoms with E-state index in [1.165, 1.54) is 12.0 Å². The van der Waals surface area contributed by atoms with Crippen molar-refractivity contribution in [1.29, 1.82) is 0 Å². The van der Waals surface area contributed by atoms with Gasteiger partial charge < -0.3 is 14.6 Å². The number of nitrogens with zero attached hydrogens (tertiary/aromatic N) is 1. The van der Waals surface area contributed by atoms with Gasteiger partial charge in [-0.1, -0.05) is 13.8 Å². The molecule has 6 nitrogen and oxygen atoms in total. The Morgan fingerprint density at radius 2 is 1.79 bits per heavy atom. The lowest BCUT2D eigenvalue weighted by Gasteiger charge is -2.27. The SMILES string of the molecule is CC.COC(=O)C1CC(O)CN1C(=O)OC(C)(C)C. The summed E-state index contributed by atoms with van der Waals surface area (Å²) < 4.78 is 9.76. The Bertz CT molecular complexity index is 311. The molecule has 6 heteroatoms. The van der Waals surface area contributed by atoms with Crippen molar-refractivity contribution in [3.63, 3.8) is 0 Å². The maximum absolute atomic E-state index is 11.8. The highest BCUT2D eigenvalue weighted by atomic mass is 16.6. The molecule has 1 fully saturated rings. The van der Waals surface area contributed by atoms with Crippen molar-refractivity contribution in [3.8, 4) is 0 Å². The van der Waals surface area contributed by atoms with Crippen molar-refractivity contribution in [1.82, 2.24) is 4.90 Å². The molecule has 1 aliphatic rings. The van der Waals surface area contributed by atoms with Crippen LogP contribution in [0.4, 0.5) is 4.79 Å². The first-order chi connectivity index (χ1) is 8.74. The van der Waals surface area contributed by atoms with Gasteiger partial charge in [-0.05, 0) is 20.8 Å². The molecule has 0 radical (unpaired) electrons. The van der Waals surface area contributed by atoms with E-state index in [9.17, 15) is 14.7 Å². The fraction of sp³-hybridized carbons (Fsp3) is 0.846. The first-order valence-corrected chi connectivity index (χ1v) is 6.50. The van der Waals surface area contributed by atoms with Crippen LogP contribution in [0.1, 0.15) is 41.0 Å². The van der Waals surface area contributed by atoms with Crippen molar-refractivity contribution in [3.05, 3.63) is 0 Å². The third-order valence-electron chi connectivity index (χ3n) is 2.38. The number of amides is 1. The van der Waals surface area contributed by atoms with E-state index in [4.69, 9.17) is 4.74 Å². The second kappa shape index (κ2) is 7.33. The highest BCUT2D eigenvalue weighted by Gasteiger charge is 2.41. The number of aliphatic hydroxyl groups excluding tert-OH is 1. The molecule has 1 amide bonds. The summed E-state index contributed by atoms with van der Waals surface area (Å²) in [4.78, 5) is 24.5. The molecular weight excluding hydrogens is 250 g/mol. The molecule has 112 valence electrons. The quantitative estimate of drug-likeness (QED) is 0.735. The lowest BCUT2D eigenvalue weighted by atomic mass is 10.2. The summed E-state index contributed by atoms with van der Waals surface area (Å²) in [5.41, 5.74) is -0.634. The maximum atomic E-state index is 11.8. The molecule has 1 aliphatic heterocycles. The predicted octanol–water partition coefficient (Wildman–Crippen LogP) is 1.56. The summed E-state index contributed by atoms with van der Waals surface area (Å²) in [7, 11) is 1.25. The summed E-state index contributed by atoms with van der Waals surface area (Å²) in [6.45, 7) is 9.31. The van der Waals surface area contributed by atoms with E-state index in [-0.39, 0.29) is 13.0 Å². The number of hydrogen-bond donors (Lipinski definition) is 1. The Labute approximate surface area is 114 Å². The minimum Gasteiger partial charge on any atom is -0.467 e. The number of hydrogen-bond acceptors (Lipinski definition) is 5. The van der Waals surface area contributed by atoms with Gasteiger partial charge >= 0.3 is 12.1 Å². The topological polar surface area (TPSA) is 76.1 Å². The number of esters is 1. The number of likely N-dealkylation sites (tertiary alicyclic amines) is 1. The standard InChI is InChI=1S/C11H19NO5.C2H6/c1-11(2,3)17-10(15)12-6-7(13)5-8(12)9(14)16-4;1-2/h7-8,13H,5-6H2,1-4H3;1-2H3. The number of aliphatic hydroxyl groups is 1. The highest BCUT2D eigenvalue weighted by Crippen LogP contribution is 2.22. The highest BCUT2D eigenvalue weighted by molar-refractivity contribution is 5.82. The number of carbonyl (C=O) groups excluding carboxylic acids is 2. The second-order valence-corrected chi connectivity index (χ2v) is 5.06. The third-order valence-corrected chi connectivity index (χ3v) is 2.38. The molecular formula is C13H25NO5. The van der Waals surface area contributed by atoms with Crippen molar-refractivity contribution in [2.24, 2.45) is 0 Å². The van der Waals surface area contributed by atoms with Gasteiger partial charge in [0.05, 0.1) is 19.8 Å². The van der Waals surface area contributed by atoms with Crippen LogP contribution in [0.3, 0.4) is 0 Å². The number of ether oxygens (including phenoxy) is 2. The molecule has 1 N–H and O–H groups in total. The van der Waals surface area contributed by atoms with Gasteiger partial charge in [-0.15, -0.1) is 0 Å². The smallest absolute Gasteiger partial charge is 0.411 e. The number of β-amino-alcohol motifs (C(OH)–C–C–N with tert-alkyl or cyclic N) is 1. The summed E-state index contributed by atoms with van der Waals surface area (Å²) in [6, 6.07) is -0.759. The molecule has 0 aromatic heterocycles. The van der Waals surface area contributed by atoms with Gasteiger partial charge in [0.15, 0.2) is 0 Å². The molecule has 0 aromatic rings. The third kappa shape index (κ3) is 5.46. The van der Waals surface area contributed by atoms with Crippen LogP contribution < -0.4 is 0 Å². The molecule has 0 aromatic carbocycles. The Morgan fingerprint density at radius 1 is 1.26 bits per heavy atom. The Kier molecular flexibility index (Phi) is 6.83. The van der Waals surface area contributed by atoms with Gasteiger partial charge in [0.25, 0.3) is 0 Å². The first-order valence-electron chi connectivity index (χ1n) is 6.50. The van der Waals surface area contributed by atoms with Gasteiger partial charge in [0.1, 0.15) is 11.6 Å². The summed E-state index contributed by atoms with van der Waals surface area (Å²) in [6.07, 6.45) is -1.14. The van der Waals surface area contributed by atoms with Crippen molar-refractivity contribution < 1.29 is 24.2 Å². The lowest BCUT2D eigenvalue weighted by Crippen LogP contribution is -2.43. The van der Waals surface area contributed by atoms with Crippen LogP contribution in [0.5, 0.6) is 0 Å². The van der Waals surface area contributed by atoms with Gasteiger partial charge in [0, 0.05) is 6.42 Å². The second-order valence-electron chi connectivity index (χ2n) is 5.06. The molecule has 0 saturated carbocycles. The fourth-order valence-corrected chi connectivity index (χ4v) is 1.70. The minimum absolute atomic E-state index is 0.0919. The van der Waals surface area contributed by atoms with Gasteiger partial charge in [0.2, 0.25) is 0 Å². The summed E-state index contributed by atoms with van der Waals surface area (Å²) in [5.74, 6) is -0.535. The fourth-order valence-electron chi connectivity index (χ4n) is 1.70. The predicted molar refractivity (Wildman–Crippen MR) is 70.7 cm³/mol. The number of carbonyl (C=O) groups is 2. The zero-order valence-corrected chi connectivity index (χ0v) is 12.6. The normalized spacial score (nSPS) is 22.4. The molecule has 0 bridgehead atoms. The van der Waals surface area contributed by atoms with Crippen LogP contribution >= 0.6 is 0 Å². The van der Waals surface area contributed by atoms with E-state index in [0.717, 1.165) is 0 Å². The van der Waals surface area contributed by atoms with Gasteiger partial charge in [-0.2, -0.15) is 0 Å². The van der Waals surface area contributed by atoms with E-state index < -0.39 is 29.8 Å². The van der Waals surface area contributed by atoms with Crippen molar-refractivity contribution in [2.75, 3.05) is 13.7 Å². The van der Waals surface area contributed by atoms with Gasteiger partial charge in [-0.25, -0.2) is 9.59 Å². The summed E-state index contributed by atoms with van der Waals surface area (Å²) in [5, 5.41) is 9.50. The van der Waals surface area contributed by atoms with E-state index in [0.29, 0.717) is 0 Å². The monoisotopic (exact) mass is 275 g/mol. The molecule has 1 rings (SSSR count).